The number of thioether (sulfide) groups is 1. The second kappa shape index (κ2) is 12.4. The molecule has 25 heteroatoms. The number of aliphatic hydroxyl groups excluding tert-OH is 1. The first-order valence-electron chi connectivity index (χ1n) is 12.8. The molecule has 0 bridgehead atoms. The van der Waals surface area contributed by atoms with Crippen molar-refractivity contribution >= 4 is 83.9 Å². The van der Waals surface area contributed by atoms with Crippen LogP contribution in [0.15, 0.2) is 23.8 Å². The van der Waals surface area contributed by atoms with E-state index >= 15 is 4.39 Å². The van der Waals surface area contributed by atoms with Crippen LogP contribution in [0.1, 0.15) is 18.0 Å². The van der Waals surface area contributed by atoms with Crippen molar-refractivity contribution in [1.82, 2.24) is 39.0 Å². The van der Waals surface area contributed by atoms with Gasteiger partial charge in [0.05, 0.1) is 43.3 Å². The van der Waals surface area contributed by atoms with Crippen LogP contribution >= 0.6 is 49.9 Å². The van der Waals surface area contributed by atoms with Gasteiger partial charge in [-0.05, 0) is 0 Å². The number of H-pyrrole nitrogens is 1. The highest BCUT2D eigenvalue weighted by molar-refractivity contribution is 8.44. The van der Waals surface area contributed by atoms with Crippen LogP contribution in [0.5, 0.6) is 0 Å². The predicted octanol–water partition coefficient (Wildman–Crippen LogP) is 1.21. The van der Waals surface area contributed by atoms with E-state index in [1.165, 1.54) is 28.1 Å². The fraction of sp³-hybridized carbons (Fsp3) is 0.500. The number of rotatable bonds is 10. The van der Waals surface area contributed by atoms with Gasteiger partial charge in [0.2, 0.25) is 5.95 Å². The second-order valence-electron chi connectivity index (χ2n) is 9.93. The molecule has 2 aliphatic rings. The monoisotopic (exact) mass is 726 g/mol. The zero-order valence-electron chi connectivity index (χ0n) is 22.5. The van der Waals surface area contributed by atoms with Gasteiger partial charge < -0.3 is 26.2 Å². The van der Waals surface area contributed by atoms with Gasteiger partial charge in [-0.25, -0.2) is 33.5 Å². The minimum absolute atomic E-state index is 0.0199. The zero-order valence-corrected chi connectivity index (χ0v) is 26.9. The summed E-state index contributed by atoms with van der Waals surface area (Å²) in [4.78, 5) is 44.3. The van der Waals surface area contributed by atoms with Crippen LogP contribution in [0.4, 0.5) is 16.2 Å². The lowest BCUT2D eigenvalue weighted by molar-refractivity contribution is -0.0356. The average molecular weight is 727 g/mol. The van der Waals surface area contributed by atoms with Gasteiger partial charge in [0, 0.05) is 6.42 Å². The first kappa shape index (κ1) is 32.6. The largest absolute Gasteiger partial charge is 0.389 e. The first-order valence-corrected chi connectivity index (χ1v) is 19.2. The predicted molar refractivity (Wildman–Crippen MR) is 164 cm³/mol. The average Bonchev–Trinajstić information content (AvgIpc) is 3.72. The number of thiol groups is 2. The molecule has 2 saturated heterocycles. The van der Waals surface area contributed by atoms with Crippen molar-refractivity contribution in [2.75, 3.05) is 24.7 Å². The van der Waals surface area contributed by atoms with E-state index in [1.807, 2.05) is 0 Å². The Morgan fingerprint density at radius 2 is 1.84 bits per heavy atom. The highest BCUT2D eigenvalue weighted by Crippen LogP contribution is 2.59. The third-order valence-electron chi connectivity index (χ3n) is 6.91. The number of hydrogen-bond donors (Lipinski definition) is 7. The number of aromatic amines is 1. The number of aliphatic hydroxyl groups is 1. The van der Waals surface area contributed by atoms with Crippen LogP contribution < -0.4 is 17.0 Å². The number of imidazole rings is 2. The van der Waals surface area contributed by atoms with E-state index in [2.05, 4.69) is 54.4 Å². The number of nitrogens with zero attached hydrogens (tertiary/aromatic N) is 7. The van der Waals surface area contributed by atoms with Crippen LogP contribution in [0.2, 0.25) is 0 Å². The number of hydrogen-bond acceptors (Lipinski definition) is 16. The number of aromatic nitrogens is 8. The number of halogens is 1. The van der Waals surface area contributed by atoms with E-state index in [-0.39, 0.29) is 40.5 Å². The SMILES string of the molecule is Nc1nc2c(ncn2[C@@H]2S[C@H](COP(=O)(O)S)[C@@H](O)[C@H]2OP(=O)(S)OC[C@@H]2C[C@H](F)[C@H](n3cnc4c(N)ncnc43)O2)c(=O)[nH]1. The molecule has 0 amide bonds. The molecule has 0 saturated carbocycles. The molecule has 4 aromatic heterocycles. The highest BCUT2D eigenvalue weighted by Gasteiger charge is 2.49. The third-order valence-corrected chi connectivity index (χ3v) is 10.9. The topological polar surface area (TPSA) is 271 Å². The molecule has 6 heterocycles. The van der Waals surface area contributed by atoms with Gasteiger partial charge in [0.25, 0.3) is 5.56 Å². The van der Waals surface area contributed by atoms with Crippen molar-refractivity contribution in [1.29, 1.82) is 0 Å². The van der Waals surface area contributed by atoms with Crippen LogP contribution in [-0.2, 0) is 27.4 Å². The van der Waals surface area contributed by atoms with Gasteiger partial charge >= 0.3 is 13.6 Å². The summed E-state index contributed by atoms with van der Waals surface area (Å²) in [5.74, 6) is -0.0967. The number of fused-ring (bicyclic) bond motifs is 2. The Morgan fingerprint density at radius 3 is 2.60 bits per heavy atom. The van der Waals surface area contributed by atoms with Crippen molar-refractivity contribution in [3.05, 3.63) is 29.3 Å². The van der Waals surface area contributed by atoms with Gasteiger partial charge in [-0.15, -0.1) is 11.8 Å². The van der Waals surface area contributed by atoms with Crippen molar-refractivity contribution in [2.24, 2.45) is 0 Å². The maximum absolute atomic E-state index is 15.1. The normalized spacial score (nSPS) is 29.8. The number of nitrogen functional groups attached to an aromatic ring is 2. The quantitative estimate of drug-likeness (QED) is 0.0894. The third kappa shape index (κ3) is 6.75. The summed E-state index contributed by atoms with van der Waals surface area (Å²) in [5, 5.41) is 9.23. The fourth-order valence-electron chi connectivity index (χ4n) is 4.96. The Hall–Kier alpha value is -2.30. The van der Waals surface area contributed by atoms with E-state index in [0.717, 1.165) is 11.8 Å². The molecule has 2 fully saturated rings. The molecule has 2 aliphatic heterocycles. The molecule has 4 aromatic rings. The molecular weight excluding hydrogens is 701 g/mol. The van der Waals surface area contributed by atoms with Crippen LogP contribution in [-0.4, -0.2) is 92.0 Å². The Labute approximate surface area is 266 Å². The molecule has 0 aromatic carbocycles. The fourth-order valence-corrected chi connectivity index (χ4v) is 8.67. The van der Waals surface area contributed by atoms with Gasteiger partial charge in [0.1, 0.15) is 29.5 Å². The number of alkyl halides is 1. The van der Waals surface area contributed by atoms with Gasteiger partial charge in [-0.2, -0.15) is 4.98 Å². The van der Waals surface area contributed by atoms with Crippen molar-refractivity contribution in [3.8, 4) is 0 Å². The van der Waals surface area contributed by atoms with Crippen molar-refractivity contribution < 1.29 is 41.8 Å². The summed E-state index contributed by atoms with van der Waals surface area (Å²) in [7, 11) is 0. The molecule has 45 heavy (non-hydrogen) atoms. The minimum Gasteiger partial charge on any atom is -0.389 e. The molecule has 244 valence electrons. The standard InChI is InChI=1S/C20H25FN10O9P2S3/c21-8-1-7(39-18(8)30-5-26-10-14(22)24-4-25-15(10)30)2-38-42(36,44)40-13-12(32)9(3-37-41(34,35)43)45-19(13)31-6-27-11-16(31)28-20(23)29-17(11)33/h4-9,12-13,18-19,32H,1-3H2,(H,36,44)(H2,22,24,25)(H2,34,35,43)(H3,23,28,29,33)/t7-,8-,9+,12+,13+,18+,19+,42?/m0/s1. The molecule has 6 rings (SSSR count). The summed E-state index contributed by atoms with van der Waals surface area (Å²) in [5.41, 5.74) is 11.4. The van der Waals surface area contributed by atoms with E-state index in [4.69, 9.17) is 29.8 Å². The van der Waals surface area contributed by atoms with Gasteiger partial charge in [0.15, 0.2) is 28.9 Å². The number of nitrogens with two attached hydrogens (primary N) is 2. The molecule has 9 atom stereocenters. The maximum atomic E-state index is 15.1. The van der Waals surface area contributed by atoms with Crippen molar-refractivity contribution in [3.63, 3.8) is 0 Å². The number of ether oxygens (including phenoxy) is 1. The minimum atomic E-state index is -4.32. The van der Waals surface area contributed by atoms with Crippen LogP contribution in [0.3, 0.4) is 0 Å². The number of nitrogens with one attached hydrogen (secondary N) is 1. The van der Waals surface area contributed by atoms with E-state index in [1.54, 1.807) is 0 Å². The molecule has 0 spiro atoms. The first-order chi connectivity index (χ1) is 21.2. The van der Waals surface area contributed by atoms with E-state index in [9.17, 15) is 23.9 Å². The summed E-state index contributed by atoms with van der Waals surface area (Å²) in [6.07, 6.45) is -2.77. The summed E-state index contributed by atoms with van der Waals surface area (Å²) in [6, 6.07) is 0. The summed E-state index contributed by atoms with van der Waals surface area (Å²) < 4.78 is 64.7. The van der Waals surface area contributed by atoms with Crippen molar-refractivity contribution in [2.45, 2.75) is 47.8 Å². The zero-order chi connectivity index (χ0) is 32.3. The van der Waals surface area contributed by atoms with Crippen LogP contribution in [0, 0.1) is 0 Å². The molecule has 2 unspecified atom stereocenters. The molecule has 0 radical (unpaired) electrons. The molecule has 7 N–H and O–H groups in total. The molecule has 19 nitrogen and oxygen atoms in total. The van der Waals surface area contributed by atoms with Gasteiger partial charge in [-0.3, -0.25) is 32.5 Å². The highest BCUT2D eigenvalue weighted by atomic mass is 32.7. The summed E-state index contributed by atoms with van der Waals surface area (Å²) in [6.45, 7) is -9.42. The Kier molecular flexibility index (Phi) is 8.98. The maximum Gasteiger partial charge on any atom is 0.386 e. The Morgan fingerprint density at radius 1 is 1.11 bits per heavy atom. The smallest absolute Gasteiger partial charge is 0.386 e. The Bertz CT molecular complexity index is 1890. The molecular formula is C20H25FN10O9P2S3. The lowest BCUT2D eigenvalue weighted by Gasteiger charge is -2.26. The van der Waals surface area contributed by atoms with E-state index in [0.29, 0.717) is 0 Å². The van der Waals surface area contributed by atoms with Crippen LogP contribution in [0.25, 0.3) is 22.3 Å². The summed E-state index contributed by atoms with van der Waals surface area (Å²) >= 11 is 8.53. The number of anilines is 2. The van der Waals surface area contributed by atoms with Gasteiger partial charge in [-0.1, -0.05) is 24.5 Å². The lowest BCUT2D eigenvalue weighted by Crippen LogP contribution is -2.35. The second-order valence-corrected chi connectivity index (χ2v) is 16.9. The Balaban J connectivity index is 1.19. The van der Waals surface area contributed by atoms with E-state index < -0.39 is 73.7 Å². The lowest BCUT2D eigenvalue weighted by atomic mass is 10.1. The molecule has 0 aliphatic carbocycles.